The summed E-state index contributed by atoms with van der Waals surface area (Å²) in [5, 5.41) is 0. The molecule has 0 spiro atoms. The van der Waals surface area contributed by atoms with E-state index in [4.69, 9.17) is 14.2 Å². The molecule has 0 saturated carbocycles. The monoisotopic (exact) mass is 334 g/mol. The van der Waals surface area contributed by atoms with Crippen molar-refractivity contribution in [1.29, 1.82) is 0 Å². The highest BCUT2D eigenvalue weighted by molar-refractivity contribution is 5.53. The Morgan fingerprint density at radius 1 is 0.680 bits per heavy atom. The average molecular weight is 334 g/mol. The Labute approximate surface area is 148 Å². The van der Waals surface area contributed by atoms with Gasteiger partial charge in [0.2, 0.25) is 5.75 Å². The Morgan fingerprint density at radius 2 is 1.12 bits per heavy atom. The molecule has 3 heteroatoms. The molecule has 25 heavy (non-hydrogen) atoms. The summed E-state index contributed by atoms with van der Waals surface area (Å²) in [4.78, 5) is 0. The molecule has 3 nitrogen and oxygen atoms in total. The predicted octanol–water partition coefficient (Wildman–Crippen LogP) is 5.16. The number of benzene rings is 3. The van der Waals surface area contributed by atoms with Crippen molar-refractivity contribution >= 4 is 0 Å². The number of hydrogen-bond acceptors (Lipinski definition) is 3. The third-order valence-corrected chi connectivity index (χ3v) is 3.84. The van der Waals surface area contributed by atoms with Gasteiger partial charge in [0.1, 0.15) is 13.2 Å². The lowest BCUT2D eigenvalue weighted by Crippen LogP contribution is -2.02. The van der Waals surface area contributed by atoms with Crippen LogP contribution in [0.2, 0.25) is 0 Å². The third kappa shape index (κ3) is 4.54. The number of rotatable bonds is 7. The fourth-order valence-corrected chi connectivity index (χ4v) is 2.59. The van der Waals surface area contributed by atoms with Gasteiger partial charge in [-0.1, -0.05) is 60.7 Å². The van der Waals surface area contributed by atoms with Gasteiger partial charge in [-0.2, -0.15) is 0 Å². The Bertz CT molecular complexity index is 734. The minimum atomic E-state index is 0.485. The number of hydrogen-bond donors (Lipinski definition) is 0. The van der Waals surface area contributed by atoms with Crippen LogP contribution in [0.4, 0.5) is 0 Å². The molecule has 0 aliphatic carbocycles. The van der Waals surface area contributed by atoms with Gasteiger partial charge in [-0.05, 0) is 35.7 Å². The lowest BCUT2D eigenvalue weighted by Gasteiger charge is -2.16. The van der Waals surface area contributed by atoms with E-state index < -0.39 is 0 Å². The van der Waals surface area contributed by atoms with Crippen molar-refractivity contribution in [3.63, 3.8) is 0 Å². The van der Waals surface area contributed by atoms with Gasteiger partial charge in [0, 0.05) is 0 Å². The average Bonchev–Trinajstić information content (AvgIpc) is 2.66. The Hall–Kier alpha value is -2.94. The van der Waals surface area contributed by atoms with Crippen molar-refractivity contribution in [2.45, 2.75) is 20.1 Å². The zero-order valence-corrected chi connectivity index (χ0v) is 14.6. The maximum atomic E-state index is 5.98. The molecule has 0 heterocycles. The summed E-state index contributed by atoms with van der Waals surface area (Å²) in [5.41, 5.74) is 3.28. The van der Waals surface area contributed by atoms with E-state index in [2.05, 4.69) is 0 Å². The minimum absolute atomic E-state index is 0.485. The standard InChI is InChI=1S/C22H22O3/c1-17-13-20(24-15-18-9-5-3-6-10-18)22(23-2)21(14-17)25-16-19-11-7-4-8-12-19/h3-14H,15-16H2,1-2H3. The summed E-state index contributed by atoms with van der Waals surface area (Å²) in [6, 6.07) is 24.1. The third-order valence-electron chi connectivity index (χ3n) is 3.84. The second-order valence-corrected chi connectivity index (χ2v) is 5.84. The van der Waals surface area contributed by atoms with E-state index in [-0.39, 0.29) is 0 Å². The summed E-state index contributed by atoms with van der Waals surface area (Å²) in [5.74, 6) is 2.00. The van der Waals surface area contributed by atoms with Gasteiger partial charge in [0.05, 0.1) is 7.11 Å². The molecule has 0 amide bonds. The molecule has 3 aromatic carbocycles. The van der Waals surface area contributed by atoms with Crippen LogP contribution in [-0.4, -0.2) is 7.11 Å². The van der Waals surface area contributed by atoms with Gasteiger partial charge in [0.25, 0.3) is 0 Å². The molecule has 0 aromatic heterocycles. The zero-order valence-electron chi connectivity index (χ0n) is 14.6. The molecular formula is C22H22O3. The van der Waals surface area contributed by atoms with Gasteiger partial charge in [-0.25, -0.2) is 0 Å². The number of methoxy groups -OCH3 is 1. The zero-order chi connectivity index (χ0) is 17.5. The normalized spacial score (nSPS) is 10.3. The Balaban J connectivity index is 1.77. The predicted molar refractivity (Wildman–Crippen MR) is 99.3 cm³/mol. The molecule has 0 radical (unpaired) electrons. The van der Waals surface area contributed by atoms with Crippen LogP contribution in [0.25, 0.3) is 0 Å². The van der Waals surface area contributed by atoms with Crippen molar-refractivity contribution in [1.82, 2.24) is 0 Å². The summed E-state index contributed by atoms with van der Waals surface area (Å²) < 4.78 is 17.5. The number of aryl methyl sites for hydroxylation is 1. The highest BCUT2D eigenvalue weighted by Gasteiger charge is 2.14. The van der Waals surface area contributed by atoms with E-state index in [0.717, 1.165) is 16.7 Å². The van der Waals surface area contributed by atoms with Gasteiger partial charge in [-0.15, -0.1) is 0 Å². The Kier molecular flexibility index (Phi) is 5.57. The van der Waals surface area contributed by atoms with Crippen LogP contribution < -0.4 is 14.2 Å². The molecule has 128 valence electrons. The fourth-order valence-electron chi connectivity index (χ4n) is 2.59. The van der Waals surface area contributed by atoms with Crippen LogP contribution in [-0.2, 0) is 13.2 Å². The molecule has 0 saturated heterocycles. The van der Waals surface area contributed by atoms with Crippen molar-refractivity contribution in [2.24, 2.45) is 0 Å². The van der Waals surface area contributed by atoms with Crippen LogP contribution in [0.3, 0.4) is 0 Å². The lowest BCUT2D eigenvalue weighted by molar-refractivity contribution is 0.257. The molecule has 3 aromatic rings. The first-order valence-electron chi connectivity index (χ1n) is 8.28. The molecule has 3 rings (SSSR count). The highest BCUT2D eigenvalue weighted by Crippen LogP contribution is 2.39. The molecular weight excluding hydrogens is 312 g/mol. The first-order chi connectivity index (χ1) is 12.3. The maximum absolute atomic E-state index is 5.98. The molecule has 0 atom stereocenters. The van der Waals surface area contributed by atoms with Crippen LogP contribution in [0, 0.1) is 6.92 Å². The fraction of sp³-hybridized carbons (Fsp3) is 0.182. The molecule has 0 N–H and O–H groups in total. The van der Waals surface area contributed by atoms with E-state index in [1.807, 2.05) is 79.7 Å². The maximum Gasteiger partial charge on any atom is 0.203 e. The first kappa shape index (κ1) is 16.9. The molecule has 0 aliphatic heterocycles. The summed E-state index contributed by atoms with van der Waals surface area (Å²) >= 11 is 0. The van der Waals surface area contributed by atoms with Gasteiger partial charge >= 0.3 is 0 Å². The smallest absolute Gasteiger partial charge is 0.203 e. The largest absolute Gasteiger partial charge is 0.490 e. The van der Waals surface area contributed by atoms with Crippen molar-refractivity contribution in [2.75, 3.05) is 7.11 Å². The lowest BCUT2D eigenvalue weighted by atomic mass is 10.2. The van der Waals surface area contributed by atoms with E-state index >= 15 is 0 Å². The van der Waals surface area contributed by atoms with Crippen LogP contribution >= 0.6 is 0 Å². The van der Waals surface area contributed by atoms with Crippen LogP contribution in [0.5, 0.6) is 17.2 Å². The van der Waals surface area contributed by atoms with Gasteiger partial charge < -0.3 is 14.2 Å². The van der Waals surface area contributed by atoms with E-state index in [1.165, 1.54) is 0 Å². The second kappa shape index (κ2) is 8.25. The Morgan fingerprint density at radius 3 is 1.52 bits per heavy atom. The van der Waals surface area contributed by atoms with E-state index in [0.29, 0.717) is 30.5 Å². The van der Waals surface area contributed by atoms with E-state index in [1.54, 1.807) is 7.11 Å². The summed E-state index contributed by atoms with van der Waals surface area (Å²) in [6.07, 6.45) is 0. The minimum Gasteiger partial charge on any atom is -0.490 e. The van der Waals surface area contributed by atoms with Gasteiger partial charge in [-0.3, -0.25) is 0 Å². The summed E-state index contributed by atoms with van der Waals surface area (Å²) in [7, 11) is 1.63. The van der Waals surface area contributed by atoms with Crippen molar-refractivity contribution in [3.05, 3.63) is 89.5 Å². The first-order valence-corrected chi connectivity index (χ1v) is 8.28. The molecule has 0 unspecified atom stereocenters. The highest BCUT2D eigenvalue weighted by atomic mass is 16.5. The topological polar surface area (TPSA) is 27.7 Å². The second-order valence-electron chi connectivity index (χ2n) is 5.84. The summed E-state index contributed by atoms with van der Waals surface area (Å²) in [6.45, 7) is 2.99. The molecule has 0 fully saturated rings. The van der Waals surface area contributed by atoms with Crippen LogP contribution in [0.1, 0.15) is 16.7 Å². The van der Waals surface area contributed by atoms with Crippen LogP contribution in [0.15, 0.2) is 72.8 Å². The van der Waals surface area contributed by atoms with Gasteiger partial charge in [0.15, 0.2) is 11.5 Å². The molecule has 0 aliphatic rings. The SMILES string of the molecule is COc1c(OCc2ccccc2)cc(C)cc1OCc1ccccc1. The van der Waals surface area contributed by atoms with Crippen molar-refractivity contribution in [3.8, 4) is 17.2 Å². The number of ether oxygens (including phenoxy) is 3. The van der Waals surface area contributed by atoms with E-state index in [9.17, 15) is 0 Å². The molecule has 0 bridgehead atoms. The quantitative estimate of drug-likeness (QED) is 0.597. The van der Waals surface area contributed by atoms with Crippen molar-refractivity contribution < 1.29 is 14.2 Å².